The maximum absolute atomic E-state index is 5.70. The second-order valence-electron chi connectivity index (χ2n) is 5.35. The fraction of sp³-hybridized carbons (Fsp3) is 0.625. The van der Waals surface area contributed by atoms with E-state index in [1.807, 2.05) is 6.07 Å². The molecule has 0 bridgehead atoms. The van der Waals surface area contributed by atoms with Gasteiger partial charge < -0.3 is 10.1 Å². The quantitative estimate of drug-likeness (QED) is 0.741. The van der Waals surface area contributed by atoms with Crippen molar-refractivity contribution < 1.29 is 4.74 Å². The molecule has 2 rings (SSSR count). The van der Waals surface area contributed by atoms with Crippen molar-refractivity contribution >= 4 is 0 Å². The van der Waals surface area contributed by atoms with Gasteiger partial charge in [0.25, 0.3) is 0 Å². The number of rotatable bonds is 7. The van der Waals surface area contributed by atoms with Gasteiger partial charge in [-0.05, 0) is 19.4 Å². The van der Waals surface area contributed by atoms with Crippen LogP contribution >= 0.6 is 0 Å². The molecule has 1 heterocycles. The smallest absolute Gasteiger partial charge is 0.122 e. The maximum Gasteiger partial charge on any atom is 0.122 e. The topological polar surface area (TPSA) is 21.3 Å². The minimum absolute atomic E-state index is 0.523. The van der Waals surface area contributed by atoms with E-state index in [0.717, 1.165) is 18.9 Å². The highest BCUT2D eigenvalue weighted by molar-refractivity contribution is 5.39. The number of hydrogen-bond donors (Lipinski definition) is 1. The van der Waals surface area contributed by atoms with Crippen molar-refractivity contribution in [3.05, 3.63) is 29.8 Å². The lowest BCUT2D eigenvalue weighted by atomic mass is 10.0. The van der Waals surface area contributed by atoms with Gasteiger partial charge in [0.05, 0.1) is 6.61 Å². The molecule has 2 unspecified atom stereocenters. The van der Waals surface area contributed by atoms with Crippen molar-refractivity contribution in [3.63, 3.8) is 0 Å². The lowest BCUT2D eigenvalue weighted by molar-refractivity contribution is 0.321. The van der Waals surface area contributed by atoms with Crippen LogP contribution in [0, 0.1) is 0 Å². The summed E-state index contributed by atoms with van der Waals surface area (Å²) in [7, 11) is 0. The SMILES string of the molecule is CCCCCC(C)NCC1COc2ccccc21. The van der Waals surface area contributed by atoms with E-state index in [1.165, 1.54) is 31.2 Å². The molecule has 2 nitrogen and oxygen atoms in total. The van der Waals surface area contributed by atoms with Crippen molar-refractivity contribution in [2.45, 2.75) is 51.5 Å². The Bertz CT molecular complexity index is 364. The molecule has 1 aromatic rings. The lowest BCUT2D eigenvalue weighted by Gasteiger charge is -2.16. The molecule has 0 amide bonds. The predicted octanol–water partition coefficient (Wildman–Crippen LogP) is 3.72. The van der Waals surface area contributed by atoms with Gasteiger partial charge in [0.15, 0.2) is 0 Å². The second-order valence-corrected chi connectivity index (χ2v) is 5.35. The first kappa shape index (κ1) is 13.4. The van der Waals surface area contributed by atoms with Gasteiger partial charge in [-0.1, -0.05) is 44.4 Å². The largest absolute Gasteiger partial charge is 0.493 e. The van der Waals surface area contributed by atoms with Gasteiger partial charge in [0.1, 0.15) is 5.75 Å². The highest BCUT2D eigenvalue weighted by Crippen LogP contribution is 2.32. The number of fused-ring (bicyclic) bond motifs is 1. The third-order valence-corrected chi connectivity index (χ3v) is 3.75. The van der Waals surface area contributed by atoms with Crippen LogP contribution < -0.4 is 10.1 Å². The van der Waals surface area contributed by atoms with Crippen LogP contribution in [0.2, 0.25) is 0 Å². The number of benzene rings is 1. The van der Waals surface area contributed by atoms with E-state index in [-0.39, 0.29) is 0 Å². The van der Waals surface area contributed by atoms with Crippen molar-refractivity contribution in [1.82, 2.24) is 5.32 Å². The monoisotopic (exact) mass is 247 g/mol. The summed E-state index contributed by atoms with van der Waals surface area (Å²) >= 11 is 0. The summed E-state index contributed by atoms with van der Waals surface area (Å²) in [4.78, 5) is 0. The minimum atomic E-state index is 0.523. The minimum Gasteiger partial charge on any atom is -0.493 e. The van der Waals surface area contributed by atoms with Gasteiger partial charge in [-0.2, -0.15) is 0 Å². The van der Waals surface area contributed by atoms with Crippen LogP contribution in [0.3, 0.4) is 0 Å². The summed E-state index contributed by atoms with van der Waals surface area (Å²) in [6.07, 6.45) is 5.27. The Morgan fingerprint density at radius 2 is 2.17 bits per heavy atom. The molecule has 0 spiro atoms. The Hall–Kier alpha value is -1.02. The Kier molecular flexibility index (Phi) is 5.06. The summed E-state index contributed by atoms with van der Waals surface area (Å²) in [6.45, 7) is 6.40. The third kappa shape index (κ3) is 3.49. The van der Waals surface area contributed by atoms with Gasteiger partial charge >= 0.3 is 0 Å². The Balaban J connectivity index is 1.75. The Morgan fingerprint density at radius 1 is 1.33 bits per heavy atom. The first-order valence-corrected chi connectivity index (χ1v) is 7.26. The molecule has 0 saturated heterocycles. The number of nitrogens with one attached hydrogen (secondary N) is 1. The molecule has 2 atom stereocenters. The number of hydrogen-bond acceptors (Lipinski definition) is 2. The van der Waals surface area contributed by atoms with Gasteiger partial charge in [-0.3, -0.25) is 0 Å². The predicted molar refractivity (Wildman–Crippen MR) is 76.3 cm³/mol. The van der Waals surface area contributed by atoms with E-state index in [0.29, 0.717) is 12.0 Å². The fourth-order valence-corrected chi connectivity index (χ4v) is 2.54. The summed E-state index contributed by atoms with van der Waals surface area (Å²) in [5.41, 5.74) is 1.37. The van der Waals surface area contributed by atoms with Crippen LogP contribution in [-0.4, -0.2) is 19.2 Å². The highest BCUT2D eigenvalue weighted by Gasteiger charge is 2.23. The first-order chi connectivity index (χ1) is 8.81. The average molecular weight is 247 g/mol. The van der Waals surface area contributed by atoms with Gasteiger partial charge in [-0.25, -0.2) is 0 Å². The molecule has 2 heteroatoms. The van der Waals surface area contributed by atoms with Crippen molar-refractivity contribution in [2.75, 3.05) is 13.2 Å². The molecule has 100 valence electrons. The van der Waals surface area contributed by atoms with Crippen LogP contribution in [0.25, 0.3) is 0 Å². The molecular weight excluding hydrogens is 222 g/mol. The highest BCUT2D eigenvalue weighted by atomic mass is 16.5. The van der Waals surface area contributed by atoms with E-state index in [4.69, 9.17) is 4.74 Å². The van der Waals surface area contributed by atoms with E-state index in [2.05, 4.69) is 37.4 Å². The van der Waals surface area contributed by atoms with Crippen LogP contribution in [0.1, 0.15) is 51.0 Å². The third-order valence-electron chi connectivity index (χ3n) is 3.75. The normalized spacial score (nSPS) is 19.3. The van der Waals surface area contributed by atoms with Crippen molar-refractivity contribution in [3.8, 4) is 5.75 Å². The van der Waals surface area contributed by atoms with Gasteiger partial charge in [0, 0.05) is 24.1 Å². The molecule has 1 aromatic carbocycles. The summed E-state index contributed by atoms with van der Waals surface area (Å²) in [5, 5.41) is 3.64. The van der Waals surface area contributed by atoms with Crippen LogP contribution in [0.4, 0.5) is 0 Å². The van der Waals surface area contributed by atoms with Crippen molar-refractivity contribution in [1.29, 1.82) is 0 Å². The van der Waals surface area contributed by atoms with E-state index < -0.39 is 0 Å². The van der Waals surface area contributed by atoms with Gasteiger partial charge in [0.2, 0.25) is 0 Å². The zero-order valence-electron chi connectivity index (χ0n) is 11.6. The van der Waals surface area contributed by atoms with Crippen LogP contribution in [0.5, 0.6) is 5.75 Å². The molecule has 0 aromatic heterocycles. The molecule has 1 aliphatic rings. The summed E-state index contributed by atoms with van der Waals surface area (Å²) in [6, 6.07) is 9.02. The molecule has 0 saturated carbocycles. The standard InChI is InChI=1S/C16H25NO/c1-3-4-5-8-13(2)17-11-14-12-18-16-10-7-6-9-15(14)16/h6-7,9-10,13-14,17H,3-5,8,11-12H2,1-2H3. The van der Waals surface area contributed by atoms with E-state index >= 15 is 0 Å². The summed E-state index contributed by atoms with van der Waals surface area (Å²) < 4.78 is 5.70. The molecule has 0 aliphatic carbocycles. The zero-order valence-corrected chi connectivity index (χ0v) is 11.6. The lowest BCUT2D eigenvalue weighted by Crippen LogP contribution is -2.30. The van der Waals surface area contributed by atoms with Crippen molar-refractivity contribution in [2.24, 2.45) is 0 Å². The number of para-hydroxylation sites is 1. The van der Waals surface area contributed by atoms with E-state index in [9.17, 15) is 0 Å². The Labute approximate surface area is 111 Å². The molecule has 18 heavy (non-hydrogen) atoms. The molecule has 0 radical (unpaired) electrons. The molecule has 1 aliphatic heterocycles. The first-order valence-electron chi connectivity index (χ1n) is 7.26. The van der Waals surface area contributed by atoms with Crippen LogP contribution in [-0.2, 0) is 0 Å². The number of unbranched alkanes of at least 4 members (excludes halogenated alkanes) is 2. The summed E-state index contributed by atoms with van der Waals surface area (Å²) in [5.74, 6) is 1.60. The molecule has 0 fully saturated rings. The van der Waals surface area contributed by atoms with Crippen LogP contribution in [0.15, 0.2) is 24.3 Å². The molecule has 1 N–H and O–H groups in total. The fourth-order valence-electron chi connectivity index (χ4n) is 2.54. The van der Waals surface area contributed by atoms with E-state index in [1.54, 1.807) is 0 Å². The Morgan fingerprint density at radius 3 is 3.00 bits per heavy atom. The van der Waals surface area contributed by atoms with Gasteiger partial charge in [-0.15, -0.1) is 0 Å². The number of ether oxygens (including phenoxy) is 1. The second kappa shape index (κ2) is 6.79. The zero-order chi connectivity index (χ0) is 12.8. The average Bonchev–Trinajstić information content (AvgIpc) is 2.80. The maximum atomic E-state index is 5.70. The molecular formula is C16H25NO.